The van der Waals surface area contributed by atoms with E-state index in [1.54, 1.807) is 0 Å². The first-order chi connectivity index (χ1) is 9.12. The van der Waals surface area contributed by atoms with Gasteiger partial charge in [0.2, 0.25) is 10.0 Å². The minimum absolute atomic E-state index is 0.285. The molecule has 0 aromatic heterocycles. The fourth-order valence-electron chi connectivity index (χ4n) is 1.21. The minimum atomic E-state index is -4.47. The van der Waals surface area contributed by atoms with Crippen LogP contribution >= 0.6 is 0 Å². The van der Waals surface area contributed by atoms with Gasteiger partial charge >= 0.3 is 6.18 Å². The third-order valence-electron chi connectivity index (χ3n) is 2.08. The molecule has 1 aromatic rings. The van der Waals surface area contributed by atoms with Crippen LogP contribution in [0.3, 0.4) is 0 Å². The Morgan fingerprint density at radius 3 is 2.50 bits per heavy atom. The van der Waals surface area contributed by atoms with Gasteiger partial charge in [-0.1, -0.05) is 0 Å². The number of benzene rings is 1. The Morgan fingerprint density at radius 1 is 1.30 bits per heavy atom. The number of nitrogens with two attached hydrogens (primary N) is 1. The lowest BCUT2D eigenvalue weighted by atomic mass is 10.3. The number of hydrogen-bond donors (Lipinski definition) is 2. The molecule has 114 valence electrons. The molecule has 1 aromatic carbocycles. The fourth-order valence-corrected chi connectivity index (χ4v) is 2.26. The number of nitrogen functional groups attached to an aromatic ring is 1. The molecule has 20 heavy (non-hydrogen) atoms. The highest BCUT2D eigenvalue weighted by molar-refractivity contribution is 7.89. The number of alkyl halides is 3. The maximum atomic E-state index is 12.9. The molecule has 0 saturated heterocycles. The summed E-state index contributed by atoms with van der Waals surface area (Å²) in [6.07, 6.45) is -4.47. The van der Waals surface area contributed by atoms with Crippen LogP contribution in [0.2, 0.25) is 0 Å². The molecule has 0 heterocycles. The van der Waals surface area contributed by atoms with Crippen molar-refractivity contribution >= 4 is 15.7 Å². The van der Waals surface area contributed by atoms with E-state index in [4.69, 9.17) is 5.73 Å². The summed E-state index contributed by atoms with van der Waals surface area (Å²) in [5.41, 5.74) is 4.88. The highest BCUT2D eigenvalue weighted by Crippen LogP contribution is 2.16. The smallest absolute Gasteiger partial charge is 0.396 e. The first kappa shape index (κ1) is 16.7. The molecule has 0 saturated carbocycles. The molecule has 10 heteroatoms. The second-order valence-electron chi connectivity index (χ2n) is 3.75. The topological polar surface area (TPSA) is 81.4 Å². The van der Waals surface area contributed by atoms with Crippen LogP contribution < -0.4 is 10.5 Å². The van der Waals surface area contributed by atoms with E-state index in [1.165, 1.54) is 0 Å². The van der Waals surface area contributed by atoms with Gasteiger partial charge < -0.3 is 10.5 Å². The molecular weight excluding hydrogens is 304 g/mol. The van der Waals surface area contributed by atoms with Crippen molar-refractivity contribution in [3.8, 4) is 0 Å². The second-order valence-corrected chi connectivity index (χ2v) is 5.52. The van der Waals surface area contributed by atoms with Gasteiger partial charge in [0.05, 0.1) is 17.2 Å². The van der Waals surface area contributed by atoms with E-state index in [9.17, 15) is 26.0 Å². The van der Waals surface area contributed by atoms with Crippen molar-refractivity contribution < 1.29 is 30.7 Å². The number of nitrogens with one attached hydrogen (secondary N) is 1. The third-order valence-corrected chi connectivity index (χ3v) is 3.54. The zero-order valence-corrected chi connectivity index (χ0v) is 10.9. The van der Waals surface area contributed by atoms with Crippen LogP contribution in [0.1, 0.15) is 0 Å². The van der Waals surface area contributed by atoms with Crippen molar-refractivity contribution in [2.75, 3.05) is 25.5 Å². The highest BCUT2D eigenvalue weighted by atomic mass is 32.2. The predicted octanol–water partition coefficient (Wildman–Crippen LogP) is 1.27. The standard InChI is InChI=1S/C10H12F4N2O3S/c11-8-2-1-7(5-9(8)15)20(17,18)16-3-4-19-6-10(12,13)14/h1-2,5,16H,3-4,6,15H2. The van der Waals surface area contributed by atoms with E-state index in [1.807, 2.05) is 4.72 Å². The first-order valence-corrected chi connectivity index (χ1v) is 6.79. The maximum absolute atomic E-state index is 12.9. The number of hydrogen-bond acceptors (Lipinski definition) is 4. The summed E-state index contributed by atoms with van der Waals surface area (Å²) >= 11 is 0. The molecule has 0 aliphatic carbocycles. The molecule has 0 atom stereocenters. The van der Waals surface area contributed by atoms with E-state index in [0.717, 1.165) is 18.2 Å². The lowest BCUT2D eigenvalue weighted by molar-refractivity contribution is -0.173. The van der Waals surface area contributed by atoms with Crippen molar-refractivity contribution in [3.63, 3.8) is 0 Å². The Morgan fingerprint density at radius 2 is 1.95 bits per heavy atom. The molecular formula is C10H12F4N2O3S. The second kappa shape index (κ2) is 6.37. The Bertz CT molecular complexity index is 560. The molecule has 3 N–H and O–H groups in total. The van der Waals surface area contributed by atoms with Gasteiger partial charge in [0.15, 0.2) is 0 Å². The van der Waals surface area contributed by atoms with Gasteiger partial charge in [-0.25, -0.2) is 17.5 Å². The number of halogens is 4. The molecule has 0 aliphatic heterocycles. The maximum Gasteiger partial charge on any atom is 0.411 e. The van der Waals surface area contributed by atoms with Crippen LogP contribution in [0.25, 0.3) is 0 Å². The van der Waals surface area contributed by atoms with Gasteiger partial charge in [0, 0.05) is 6.54 Å². The highest BCUT2D eigenvalue weighted by Gasteiger charge is 2.27. The Balaban J connectivity index is 2.52. The molecule has 0 aliphatic rings. The zero-order valence-electron chi connectivity index (χ0n) is 10.1. The number of ether oxygens (including phenoxy) is 1. The molecule has 0 fully saturated rings. The van der Waals surface area contributed by atoms with Crippen LogP contribution in [0.15, 0.2) is 23.1 Å². The summed E-state index contributed by atoms with van der Waals surface area (Å²) in [4.78, 5) is -0.285. The van der Waals surface area contributed by atoms with Crippen LogP contribution in [0.4, 0.5) is 23.2 Å². The lowest BCUT2D eigenvalue weighted by Gasteiger charge is -2.09. The third kappa shape index (κ3) is 5.31. The predicted molar refractivity (Wildman–Crippen MR) is 62.9 cm³/mol. The molecule has 0 amide bonds. The largest absolute Gasteiger partial charge is 0.411 e. The average molecular weight is 316 g/mol. The van der Waals surface area contributed by atoms with Crippen LogP contribution in [-0.4, -0.2) is 34.4 Å². The van der Waals surface area contributed by atoms with E-state index in [2.05, 4.69) is 4.74 Å². The summed E-state index contributed by atoms with van der Waals surface area (Å²) < 4.78 is 77.8. The summed E-state index contributed by atoms with van der Waals surface area (Å²) in [5, 5.41) is 0. The Kier molecular flexibility index (Phi) is 5.31. The van der Waals surface area contributed by atoms with Crippen molar-refractivity contribution in [2.24, 2.45) is 0 Å². The fraction of sp³-hybridized carbons (Fsp3) is 0.400. The quantitative estimate of drug-likeness (QED) is 0.470. The van der Waals surface area contributed by atoms with Gasteiger partial charge in [0.1, 0.15) is 12.4 Å². The number of sulfonamides is 1. The van der Waals surface area contributed by atoms with Gasteiger partial charge in [0.25, 0.3) is 0 Å². The normalized spacial score (nSPS) is 12.6. The summed E-state index contributed by atoms with van der Waals surface area (Å²) in [5.74, 6) is -0.766. The van der Waals surface area contributed by atoms with Crippen molar-refractivity contribution in [2.45, 2.75) is 11.1 Å². The monoisotopic (exact) mass is 316 g/mol. The van der Waals surface area contributed by atoms with E-state index < -0.39 is 35.2 Å². The first-order valence-electron chi connectivity index (χ1n) is 5.31. The number of rotatable bonds is 6. The molecule has 0 radical (unpaired) electrons. The molecule has 5 nitrogen and oxygen atoms in total. The zero-order chi connectivity index (χ0) is 15.4. The SMILES string of the molecule is Nc1cc(S(=O)(=O)NCCOCC(F)(F)F)ccc1F. The molecule has 0 spiro atoms. The van der Waals surface area contributed by atoms with E-state index in [0.29, 0.717) is 0 Å². The molecule has 0 unspecified atom stereocenters. The van der Waals surface area contributed by atoms with E-state index >= 15 is 0 Å². The van der Waals surface area contributed by atoms with Crippen molar-refractivity contribution in [1.82, 2.24) is 4.72 Å². The Labute approximate surface area is 112 Å². The van der Waals surface area contributed by atoms with E-state index in [-0.39, 0.29) is 17.1 Å². The van der Waals surface area contributed by atoms with Gasteiger partial charge in [-0.05, 0) is 18.2 Å². The minimum Gasteiger partial charge on any atom is -0.396 e. The van der Waals surface area contributed by atoms with Gasteiger partial charge in [-0.15, -0.1) is 0 Å². The summed E-state index contributed by atoms with van der Waals surface area (Å²) in [7, 11) is -3.97. The van der Waals surface area contributed by atoms with Crippen molar-refractivity contribution in [1.29, 1.82) is 0 Å². The van der Waals surface area contributed by atoms with Gasteiger partial charge in [-0.3, -0.25) is 0 Å². The Hall–Kier alpha value is -1.39. The van der Waals surface area contributed by atoms with Crippen LogP contribution in [0.5, 0.6) is 0 Å². The van der Waals surface area contributed by atoms with Crippen LogP contribution in [-0.2, 0) is 14.8 Å². The average Bonchev–Trinajstić information content (AvgIpc) is 2.30. The summed E-state index contributed by atoms with van der Waals surface area (Å²) in [6.45, 7) is -2.26. The van der Waals surface area contributed by atoms with Crippen LogP contribution in [0, 0.1) is 5.82 Å². The molecule has 1 rings (SSSR count). The molecule has 0 bridgehead atoms. The van der Waals surface area contributed by atoms with Crippen molar-refractivity contribution in [3.05, 3.63) is 24.0 Å². The lowest BCUT2D eigenvalue weighted by Crippen LogP contribution is -2.29. The summed E-state index contributed by atoms with van der Waals surface area (Å²) in [6, 6.07) is 2.78. The van der Waals surface area contributed by atoms with Gasteiger partial charge in [-0.2, -0.15) is 13.2 Å². The number of anilines is 1.